The summed E-state index contributed by atoms with van der Waals surface area (Å²) in [5.41, 5.74) is 2.42. The van der Waals surface area contributed by atoms with E-state index in [9.17, 15) is 4.79 Å². The van der Waals surface area contributed by atoms with Gasteiger partial charge in [0.1, 0.15) is 0 Å². The number of hydrogen-bond acceptors (Lipinski definition) is 2. The third-order valence-electron chi connectivity index (χ3n) is 5.19. The van der Waals surface area contributed by atoms with Crippen LogP contribution in [0.5, 0.6) is 0 Å². The van der Waals surface area contributed by atoms with Gasteiger partial charge < -0.3 is 4.90 Å². The maximum atomic E-state index is 11.4. The first-order valence-electron chi connectivity index (χ1n) is 7.65. The molecule has 108 valence electrons. The van der Waals surface area contributed by atoms with Crippen LogP contribution in [0, 0.1) is 5.41 Å². The minimum atomic E-state index is 0.0325. The SMILES string of the molecule is CC(=O)c1ccc(N2CCC3(CCCC3)CC2)cc1Cl. The molecule has 2 aliphatic rings. The van der Waals surface area contributed by atoms with Gasteiger partial charge in [0, 0.05) is 24.3 Å². The average molecular weight is 292 g/mol. The molecule has 1 saturated carbocycles. The molecule has 1 aliphatic carbocycles. The van der Waals surface area contributed by atoms with Gasteiger partial charge >= 0.3 is 0 Å². The summed E-state index contributed by atoms with van der Waals surface area (Å²) < 4.78 is 0. The smallest absolute Gasteiger partial charge is 0.161 e. The molecule has 0 bridgehead atoms. The molecule has 2 fully saturated rings. The molecular formula is C17H22ClNO. The van der Waals surface area contributed by atoms with Gasteiger partial charge in [-0.3, -0.25) is 4.79 Å². The van der Waals surface area contributed by atoms with Crippen molar-refractivity contribution in [2.45, 2.75) is 45.4 Å². The van der Waals surface area contributed by atoms with E-state index >= 15 is 0 Å². The first kappa shape index (κ1) is 13.9. The van der Waals surface area contributed by atoms with Gasteiger partial charge in [0.05, 0.1) is 5.02 Å². The highest BCUT2D eigenvalue weighted by atomic mass is 35.5. The van der Waals surface area contributed by atoms with Gasteiger partial charge in [0.15, 0.2) is 5.78 Å². The van der Waals surface area contributed by atoms with Crippen LogP contribution in [0.15, 0.2) is 18.2 Å². The Morgan fingerprint density at radius 2 is 1.80 bits per heavy atom. The van der Waals surface area contributed by atoms with Crippen LogP contribution in [0.2, 0.25) is 5.02 Å². The number of piperidine rings is 1. The molecule has 2 nitrogen and oxygen atoms in total. The molecule has 1 aromatic rings. The quantitative estimate of drug-likeness (QED) is 0.736. The second-order valence-electron chi connectivity index (χ2n) is 6.41. The molecule has 1 spiro atoms. The molecule has 0 radical (unpaired) electrons. The summed E-state index contributed by atoms with van der Waals surface area (Å²) in [5, 5.41) is 0.580. The maximum absolute atomic E-state index is 11.4. The Morgan fingerprint density at radius 1 is 1.15 bits per heavy atom. The number of halogens is 1. The van der Waals surface area contributed by atoms with E-state index in [1.807, 2.05) is 18.2 Å². The molecule has 0 amide bonds. The number of benzene rings is 1. The van der Waals surface area contributed by atoms with Crippen molar-refractivity contribution in [3.8, 4) is 0 Å². The zero-order chi connectivity index (χ0) is 14.2. The Labute approximate surface area is 126 Å². The zero-order valence-corrected chi connectivity index (χ0v) is 12.9. The maximum Gasteiger partial charge on any atom is 0.161 e. The van der Waals surface area contributed by atoms with E-state index in [0.717, 1.165) is 18.8 Å². The highest BCUT2D eigenvalue weighted by Gasteiger charge is 2.36. The van der Waals surface area contributed by atoms with E-state index < -0.39 is 0 Å². The molecule has 1 aromatic carbocycles. The van der Waals surface area contributed by atoms with Crippen molar-refractivity contribution < 1.29 is 4.79 Å². The molecule has 0 unspecified atom stereocenters. The van der Waals surface area contributed by atoms with E-state index in [0.29, 0.717) is 16.0 Å². The summed E-state index contributed by atoms with van der Waals surface area (Å²) in [5.74, 6) is 0.0325. The van der Waals surface area contributed by atoms with Crippen molar-refractivity contribution in [1.82, 2.24) is 0 Å². The Bertz CT molecular complexity index is 510. The first-order valence-corrected chi connectivity index (χ1v) is 8.03. The second-order valence-corrected chi connectivity index (χ2v) is 6.82. The Hall–Kier alpha value is -1.02. The molecule has 20 heavy (non-hydrogen) atoms. The van der Waals surface area contributed by atoms with Crippen molar-refractivity contribution >= 4 is 23.1 Å². The summed E-state index contributed by atoms with van der Waals surface area (Å²) in [4.78, 5) is 13.8. The van der Waals surface area contributed by atoms with Crippen LogP contribution in [0.4, 0.5) is 5.69 Å². The Balaban J connectivity index is 1.72. The lowest BCUT2D eigenvalue weighted by atomic mass is 9.77. The molecular weight excluding hydrogens is 270 g/mol. The third-order valence-corrected chi connectivity index (χ3v) is 5.50. The molecule has 1 saturated heterocycles. The van der Waals surface area contributed by atoms with Crippen molar-refractivity contribution in [2.75, 3.05) is 18.0 Å². The molecule has 1 aliphatic heterocycles. The molecule has 3 heteroatoms. The van der Waals surface area contributed by atoms with Crippen LogP contribution < -0.4 is 4.90 Å². The van der Waals surface area contributed by atoms with Gasteiger partial charge in [-0.1, -0.05) is 24.4 Å². The van der Waals surface area contributed by atoms with Crippen LogP contribution >= 0.6 is 11.6 Å². The average Bonchev–Trinajstić information content (AvgIpc) is 2.87. The minimum Gasteiger partial charge on any atom is -0.371 e. The summed E-state index contributed by atoms with van der Waals surface area (Å²) >= 11 is 6.22. The van der Waals surface area contributed by atoms with Crippen LogP contribution in [-0.2, 0) is 0 Å². The lowest BCUT2D eigenvalue weighted by molar-refractivity contribution is 0.101. The molecule has 0 atom stereocenters. The summed E-state index contributed by atoms with van der Waals surface area (Å²) in [6.45, 7) is 3.80. The fraction of sp³-hybridized carbons (Fsp3) is 0.588. The van der Waals surface area contributed by atoms with E-state index in [2.05, 4.69) is 4.90 Å². The number of anilines is 1. The second kappa shape index (κ2) is 5.40. The lowest BCUT2D eigenvalue weighted by Crippen LogP contribution is -2.38. The van der Waals surface area contributed by atoms with Crippen molar-refractivity contribution in [1.29, 1.82) is 0 Å². The first-order chi connectivity index (χ1) is 9.60. The number of Topliss-reactive ketones (excluding diaryl/α,β-unsaturated/α-hetero) is 1. The largest absolute Gasteiger partial charge is 0.371 e. The van der Waals surface area contributed by atoms with Crippen molar-refractivity contribution in [3.05, 3.63) is 28.8 Å². The van der Waals surface area contributed by atoms with E-state index in [-0.39, 0.29) is 5.78 Å². The van der Waals surface area contributed by atoms with Crippen molar-refractivity contribution in [3.63, 3.8) is 0 Å². The predicted octanol–water partition coefficient (Wildman–Crippen LogP) is 4.70. The summed E-state index contributed by atoms with van der Waals surface area (Å²) in [6.07, 6.45) is 8.28. The summed E-state index contributed by atoms with van der Waals surface area (Å²) in [7, 11) is 0. The van der Waals surface area contributed by atoms with E-state index in [1.165, 1.54) is 38.5 Å². The lowest BCUT2D eigenvalue weighted by Gasteiger charge is -2.40. The normalized spacial score (nSPS) is 21.4. The summed E-state index contributed by atoms with van der Waals surface area (Å²) in [6, 6.07) is 5.85. The number of nitrogens with zero attached hydrogens (tertiary/aromatic N) is 1. The van der Waals surface area contributed by atoms with Crippen LogP contribution in [0.1, 0.15) is 55.8 Å². The zero-order valence-electron chi connectivity index (χ0n) is 12.1. The van der Waals surface area contributed by atoms with Gasteiger partial charge in [0.25, 0.3) is 0 Å². The van der Waals surface area contributed by atoms with Gasteiger partial charge in [-0.25, -0.2) is 0 Å². The number of carbonyl (C=O) groups is 1. The molecule has 3 rings (SSSR count). The van der Waals surface area contributed by atoms with Gasteiger partial charge in [-0.15, -0.1) is 0 Å². The topological polar surface area (TPSA) is 20.3 Å². The van der Waals surface area contributed by atoms with Crippen LogP contribution in [-0.4, -0.2) is 18.9 Å². The predicted molar refractivity (Wildman–Crippen MR) is 83.8 cm³/mol. The van der Waals surface area contributed by atoms with Crippen molar-refractivity contribution in [2.24, 2.45) is 5.41 Å². The number of rotatable bonds is 2. The van der Waals surface area contributed by atoms with Crippen LogP contribution in [0.25, 0.3) is 0 Å². The van der Waals surface area contributed by atoms with E-state index in [1.54, 1.807) is 6.92 Å². The van der Waals surface area contributed by atoms with Gasteiger partial charge in [-0.05, 0) is 56.2 Å². The number of carbonyl (C=O) groups excluding carboxylic acids is 1. The molecule has 1 heterocycles. The highest BCUT2D eigenvalue weighted by Crippen LogP contribution is 2.46. The standard InChI is InChI=1S/C17H22ClNO/c1-13(20)15-5-4-14(12-16(15)18)19-10-8-17(9-11-19)6-2-3-7-17/h4-5,12H,2-3,6-11H2,1H3. The molecule has 0 aromatic heterocycles. The van der Waals surface area contributed by atoms with E-state index in [4.69, 9.17) is 11.6 Å². The monoisotopic (exact) mass is 291 g/mol. The minimum absolute atomic E-state index is 0.0325. The van der Waals surface area contributed by atoms with Gasteiger partial charge in [-0.2, -0.15) is 0 Å². The fourth-order valence-corrected chi connectivity index (χ4v) is 4.16. The molecule has 0 N–H and O–H groups in total. The van der Waals surface area contributed by atoms with Gasteiger partial charge in [0.2, 0.25) is 0 Å². The Morgan fingerprint density at radius 3 is 2.35 bits per heavy atom. The number of ketones is 1. The third kappa shape index (κ3) is 2.58. The number of hydrogen-bond donors (Lipinski definition) is 0. The van der Waals surface area contributed by atoms with Crippen LogP contribution in [0.3, 0.4) is 0 Å². The fourth-order valence-electron chi connectivity index (χ4n) is 3.85. The highest BCUT2D eigenvalue weighted by molar-refractivity contribution is 6.34. The Kier molecular flexibility index (Phi) is 3.76.